The summed E-state index contributed by atoms with van der Waals surface area (Å²) in [5, 5.41) is 0. The van der Waals surface area contributed by atoms with Gasteiger partial charge in [-0.3, -0.25) is 4.79 Å². The number of aryl methyl sites for hydroxylation is 1. The van der Waals surface area contributed by atoms with E-state index in [2.05, 4.69) is 15.9 Å². The molecule has 0 heterocycles. The predicted octanol–water partition coefficient (Wildman–Crippen LogP) is 3.71. The first kappa shape index (κ1) is 14.6. The largest absolute Gasteiger partial charge is 0.461 e. The number of carbonyl (C=O) groups excluding carboxylic acids is 1. The van der Waals surface area contributed by atoms with Gasteiger partial charge < -0.3 is 10.5 Å². The van der Waals surface area contributed by atoms with Gasteiger partial charge in [0.15, 0.2) is 0 Å². The van der Waals surface area contributed by atoms with E-state index in [0.717, 1.165) is 15.6 Å². The zero-order chi connectivity index (χ0) is 14.4. The van der Waals surface area contributed by atoms with E-state index >= 15 is 0 Å². The van der Waals surface area contributed by atoms with Crippen molar-refractivity contribution in [3.63, 3.8) is 0 Å². The molecule has 0 bridgehead atoms. The summed E-state index contributed by atoms with van der Waals surface area (Å²) in [6.07, 6.45) is 0.931. The minimum atomic E-state index is -0.219. The van der Waals surface area contributed by atoms with Crippen LogP contribution >= 0.6 is 15.9 Å². The highest BCUT2D eigenvalue weighted by Gasteiger charge is 2.07. The van der Waals surface area contributed by atoms with Crippen LogP contribution in [0.5, 0.6) is 0 Å². The fourth-order valence-corrected chi connectivity index (χ4v) is 2.24. The Morgan fingerprint density at radius 1 is 1.05 bits per heavy atom. The molecule has 0 spiro atoms. The van der Waals surface area contributed by atoms with E-state index in [1.54, 1.807) is 0 Å². The number of halogens is 1. The second-order valence-electron chi connectivity index (χ2n) is 4.45. The molecule has 0 atom stereocenters. The molecule has 0 unspecified atom stereocenters. The topological polar surface area (TPSA) is 52.3 Å². The van der Waals surface area contributed by atoms with Crippen molar-refractivity contribution >= 4 is 27.6 Å². The standard InChI is InChI=1S/C16H16BrNO2/c17-14-7-3-1-6-13(14)11-20-16(19)10-9-12-5-2-4-8-15(12)18/h1-8H,9-11,18H2. The number of hydrogen-bond acceptors (Lipinski definition) is 3. The van der Waals surface area contributed by atoms with Crippen molar-refractivity contribution in [2.45, 2.75) is 19.4 Å². The van der Waals surface area contributed by atoms with Crippen LogP contribution in [0.2, 0.25) is 0 Å². The van der Waals surface area contributed by atoms with Gasteiger partial charge in [0.05, 0.1) is 0 Å². The Balaban J connectivity index is 1.82. The smallest absolute Gasteiger partial charge is 0.306 e. The van der Waals surface area contributed by atoms with Gasteiger partial charge in [-0.15, -0.1) is 0 Å². The average Bonchev–Trinajstić information content (AvgIpc) is 2.45. The third-order valence-corrected chi connectivity index (χ3v) is 3.77. The first-order chi connectivity index (χ1) is 9.66. The first-order valence-corrected chi connectivity index (χ1v) is 7.18. The number of para-hydroxylation sites is 1. The number of nitrogen functional groups attached to an aromatic ring is 1. The van der Waals surface area contributed by atoms with E-state index in [1.807, 2.05) is 48.5 Å². The Morgan fingerprint density at radius 3 is 2.40 bits per heavy atom. The van der Waals surface area contributed by atoms with Gasteiger partial charge >= 0.3 is 5.97 Å². The number of esters is 1. The maximum absolute atomic E-state index is 11.7. The third kappa shape index (κ3) is 4.10. The maximum Gasteiger partial charge on any atom is 0.306 e. The third-order valence-electron chi connectivity index (χ3n) is 3.00. The first-order valence-electron chi connectivity index (χ1n) is 6.39. The molecule has 3 nitrogen and oxygen atoms in total. The molecule has 0 aliphatic heterocycles. The van der Waals surface area contributed by atoms with Gasteiger partial charge in [0.1, 0.15) is 6.61 Å². The summed E-state index contributed by atoms with van der Waals surface area (Å²) in [5.74, 6) is -0.219. The molecule has 0 fully saturated rings. The monoisotopic (exact) mass is 333 g/mol. The van der Waals surface area contributed by atoms with Crippen LogP contribution < -0.4 is 5.73 Å². The summed E-state index contributed by atoms with van der Waals surface area (Å²) < 4.78 is 6.21. The molecule has 4 heteroatoms. The van der Waals surface area contributed by atoms with Crippen molar-refractivity contribution in [3.05, 3.63) is 64.1 Å². The molecule has 0 aliphatic carbocycles. The highest BCUT2D eigenvalue weighted by molar-refractivity contribution is 9.10. The van der Waals surface area contributed by atoms with Crippen LogP contribution in [0, 0.1) is 0 Å². The molecule has 0 amide bonds. The van der Waals surface area contributed by atoms with E-state index in [-0.39, 0.29) is 12.6 Å². The van der Waals surface area contributed by atoms with E-state index < -0.39 is 0 Å². The maximum atomic E-state index is 11.7. The average molecular weight is 334 g/mol. The Kier molecular flexibility index (Phi) is 5.18. The summed E-state index contributed by atoms with van der Waals surface area (Å²) in [4.78, 5) is 11.7. The summed E-state index contributed by atoms with van der Waals surface area (Å²) in [6, 6.07) is 15.2. The number of carbonyl (C=O) groups is 1. The van der Waals surface area contributed by atoms with E-state index in [9.17, 15) is 4.79 Å². The minimum Gasteiger partial charge on any atom is -0.461 e. The number of hydrogen-bond donors (Lipinski definition) is 1. The normalized spacial score (nSPS) is 10.2. The second-order valence-corrected chi connectivity index (χ2v) is 5.31. The molecular weight excluding hydrogens is 318 g/mol. The van der Waals surface area contributed by atoms with Gasteiger partial charge in [0.25, 0.3) is 0 Å². The van der Waals surface area contributed by atoms with E-state index in [0.29, 0.717) is 18.5 Å². The van der Waals surface area contributed by atoms with Crippen molar-refractivity contribution in [2.24, 2.45) is 0 Å². The molecular formula is C16H16BrNO2. The molecule has 0 saturated carbocycles. The molecule has 2 aromatic rings. The van der Waals surface area contributed by atoms with Crippen molar-refractivity contribution in [3.8, 4) is 0 Å². The number of rotatable bonds is 5. The van der Waals surface area contributed by atoms with Crippen molar-refractivity contribution in [1.29, 1.82) is 0 Å². The van der Waals surface area contributed by atoms with Crippen LogP contribution in [-0.2, 0) is 22.6 Å². The van der Waals surface area contributed by atoms with Crippen LogP contribution in [0.25, 0.3) is 0 Å². The van der Waals surface area contributed by atoms with Crippen LogP contribution in [-0.4, -0.2) is 5.97 Å². The van der Waals surface area contributed by atoms with Crippen molar-refractivity contribution in [2.75, 3.05) is 5.73 Å². The molecule has 2 aromatic carbocycles. The molecule has 104 valence electrons. The highest BCUT2D eigenvalue weighted by Crippen LogP contribution is 2.17. The zero-order valence-corrected chi connectivity index (χ0v) is 12.6. The van der Waals surface area contributed by atoms with E-state index in [1.165, 1.54) is 0 Å². The minimum absolute atomic E-state index is 0.219. The summed E-state index contributed by atoms with van der Waals surface area (Å²) in [6.45, 7) is 0.282. The van der Waals surface area contributed by atoms with Gasteiger partial charge in [-0.25, -0.2) is 0 Å². The zero-order valence-electron chi connectivity index (χ0n) is 11.0. The van der Waals surface area contributed by atoms with Gasteiger partial charge in [-0.1, -0.05) is 52.3 Å². The Morgan fingerprint density at radius 2 is 1.70 bits per heavy atom. The van der Waals surface area contributed by atoms with Gasteiger partial charge in [-0.2, -0.15) is 0 Å². The summed E-state index contributed by atoms with van der Waals surface area (Å²) >= 11 is 3.42. The molecule has 20 heavy (non-hydrogen) atoms. The Hall–Kier alpha value is -1.81. The predicted molar refractivity (Wildman–Crippen MR) is 83.1 cm³/mol. The molecule has 2 N–H and O–H groups in total. The van der Waals surface area contributed by atoms with Gasteiger partial charge in [0, 0.05) is 22.1 Å². The van der Waals surface area contributed by atoms with E-state index in [4.69, 9.17) is 10.5 Å². The summed E-state index contributed by atoms with van der Waals surface area (Å²) in [5.41, 5.74) is 8.48. The second kappa shape index (κ2) is 7.10. The van der Waals surface area contributed by atoms with Gasteiger partial charge in [-0.05, 0) is 24.1 Å². The lowest BCUT2D eigenvalue weighted by Gasteiger charge is -2.07. The molecule has 2 rings (SSSR count). The number of benzene rings is 2. The fraction of sp³-hybridized carbons (Fsp3) is 0.188. The lowest BCUT2D eigenvalue weighted by atomic mass is 10.1. The number of anilines is 1. The SMILES string of the molecule is Nc1ccccc1CCC(=O)OCc1ccccc1Br. The lowest BCUT2D eigenvalue weighted by Crippen LogP contribution is -2.07. The van der Waals surface area contributed by atoms with Crippen LogP contribution in [0.15, 0.2) is 53.0 Å². The van der Waals surface area contributed by atoms with Crippen LogP contribution in [0.4, 0.5) is 5.69 Å². The lowest BCUT2D eigenvalue weighted by molar-refractivity contribution is -0.144. The fourth-order valence-electron chi connectivity index (χ4n) is 1.84. The Bertz CT molecular complexity index is 547. The molecule has 0 aromatic heterocycles. The summed E-state index contributed by atoms with van der Waals surface area (Å²) in [7, 11) is 0. The van der Waals surface area contributed by atoms with Gasteiger partial charge in [0.2, 0.25) is 0 Å². The number of ether oxygens (including phenoxy) is 1. The van der Waals surface area contributed by atoms with Crippen LogP contribution in [0.1, 0.15) is 17.5 Å². The number of nitrogens with two attached hydrogens (primary N) is 1. The highest BCUT2D eigenvalue weighted by atomic mass is 79.9. The van der Waals surface area contributed by atoms with Crippen LogP contribution in [0.3, 0.4) is 0 Å². The quantitative estimate of drug-likeness (QED) is 0.670. The van der Waals surface area contributed by atoms with Crippen molar-refractivity contribution in [1.82, 2.24) is 0 Å². The molecule has 0 saturated heterocycles. The molecule has 0 radical (unpaired) electrons. The van der Waals surface area contributed by atoms with Crippen molar-refractivity contribution < 1.29 is 9.53 Å². The molecule has 0 aliphatic rings. The Labute approximate surface area is 126 Å².